The Morgan fingerprint density at radius 2 is 1.88 bits per heavy atom. The molecule has 0 amide bonds. The Balaban J connectivity index is 0.00000103. The first-order valence-corrected chi connectivity index (χ1v) is 11.4. The van der Waals surface area contributed by atoms with E-state index < -0.39 is 16.5 Å². The molecule has 0 aliphatic carbocycles. The first kappa shape index (κ1) is 25.2. The maximum Gasteiger partial charge on any atom is 0.373 e. The van der Waals surface area contributed by atoms with Crippen molar-refractivity contribution in [3.05, 3.63) is 77.2 Å². The molecule has 2 N–H and O–H groups in total. The van der Waals surface area contributed by atoms with E-state index in [4.69, 9.17) is 19.7 Å². The third-order valence-corrected chi connectivity index (χ3v) is 6.45. The van der Waals surface area contributed by atoms with Crippen LogP contribution in [0.2, 0.25) is 0 Å². The standard InChI is InChI=1S/C22H23F2N5OS.CO2/c1-2-7-19-26-27-21(30-19)29-22(12-6-13-25,15-8-4-3-5-9-15)31-20(28-29)17-14-16(23)10-11-18(17)24;2-1-3/h3-5,8-11,14H,2,6-7,12-13,25H2,1H3;. The van der Waals surface area contributed by atoms with E-state index in [0.29, 0.717) is 36.7 Å². The average molecular weight is 488 g/mol. The first-order chi connectivity index (χ1) is 16.5. The Morgan fingerprint density at radius 3 is 2.56 bits per heavy atom. The number of anilines is 1. The minimum absolute atomic E-state index is 0.0915. The summed E-state index contributed by atoms with van der Waals surface area (Å²) in [5.74, 6) is -0.579. The van der Waals surface area contributed by atoms with Crippen LogP contribution in [0.15, 0.2) is 58.0 Å². The van der Waals surface area contributed by atoms with Gasteiger partial charge in [0.2, 0.25) is 5.89 Å². The second kappa shape index (κ2) is 11.6. The SMILES string of the molecule is CCCc1nnc(N2N=C(c3cc(F)ccc3F)SC2(CCCN)c2ccccc2)o1.O=C=O. The van der Waals surface area contributed by atoms with Crippen molar-refractivity contribution in [2.45, 2.75) is 37.5 Å². The van der Waals surface area contributed by atoms with Gasteiger partial charge in [-0.15, -0.1) is 5.10 Å². The summed E-state index contributed by atoms with van der Waals surface area (Å²) in [6.07, 6.45) is 3.02. The fourth-order valence-electron chi connectivity index (χ4n) is 3.53. The summed E-state index contributed by atoms with van der Waals surface area (Å²) >= 11 is 1.34. The number of benzene rings is 2. The van der Waals surface area contributed by atoms with Gasteiger partial charge in [-0.2, -0.15) is 19.7 Å². The molecule has 34 heavy (non-hydrogen) atoms. The molecule has 1 atom stereocenters. The number of hydrazone groups is 1. The number of thioether (sulfide) groups is 1. The van der Waals surface area contributed by atoms with E-state index in [1.807, 2.05) is 37.3 Å². The molecule has 1 unspecified atom stereocenters. The largest absolute Gasteiger partial charge is 0.407 e. The fraction of sp³-hybridized carbons (Fsp3) is 0.304. The van der Waals surface area contributed by atoms with Crippen molar-refractivity contribution in [2.24, 2.45) is 10.8 Å². The molecule has 1 aliphatic rings. The van der Waals surface area contributed by atoms with Gasteiger partial charge in [-0.3, -0.25) is 0 Å². The predicted octanol–water partition coefficient (Wildman–Crippen LogP) is 4.22. The van der Waals surface area contributed by atoms with Gasteiger partial charge in [0, 0.05) is 12.0 Å². The first-order valence-electron chi connectivity index (χ1n) is 10.6. The molecule has 178 valence electrons. The zero-order valence-corrected chi connectivity index (χ0v) is 19.2. The van der Waals surface area contributed by atoms with Gasteiger partial charge in [0.05, 0.1) is 0 Å². The highest BCUT2D eigenvalue weighted by Crippen LogP contribution is 2.51. The van der Waals surface area contributed by atoms with Gasteiger partial charge < -0.3 is 10.2 Å². The van der Waals surface area contributed by atoms with Crippen LogP contribution in [-0.4, -0.2) is 27.9 Å². The summed E-state index contributed by atoms with van der Waals surface area (Å²) in [6, 6.07) is 13.3. The lowest BCUT2D eigenvalue weighted by Crippen LogP contribution is -2.38. The minimum Gasteiger partial charge on any atom is -0.407 e. The zero-order valence-electron chi connectivity index (χ0n) is 18.4. The van der Waals surface area contributed by atoms with Crippen LogP contribution >= 0.6 is 11.8 Å². The topological polar surface area (TPSA) is 115 Å². The molecule has 2 aromatic carbocycles. The highest BCUT2D eigenvalue weighted by molar-refractivity contribution is 8.15. The van der Waals surface area contributed by atoms with E-state index in [0.717, 1.165) is 30.2 Å². The molecule has 0 radical (unpaired) electrons. The Labute approximate surface area is 199 Å². The van der Waals surface area contributed by atoms with E-state index in [-0.39, 0.29) is 17.7 Å². The molecule has 4 rings (SSSR count). The fourth-order valence-corrected chi connectivity index (χ4v) is 4.95. The number of carbonyl (C=O) groups excluding carboxylic acids is 2. The van der Waals surface area contributed by atoms with Gasteiger partial charge >= 0.3 is 12.2 Å². The smallest absolute Gasteiger partial charge is 0.373 e. The summed E-state index contributed by atoms with van der Waals surface area (Å²) in [5.41, 5.74) is 6.86. The molecule has 0 bridgehead atoms. The normalized spacial score (nSPS) is 17.1. The van der Waals surface area contributed by atoms with Crippen LogP contribution in [0.1, 0.15) is 43.2 Å². The molecular weight excluding hydrogens is 464 g/mol. The van der Waals surface area contributed by atoms with Crippen LogP contribution in [0.5, 0.6) is 0 Å². The molecule has 1 aromatic heterocycles. The zero-order chi connectivity index (χ0) is 24.6. The lowest BCUT2D eigenvalue weighted by molar-refractivity contribution is -0.191. The maximum atomic E-state index is 14.6. The number of nitrogens with two attached hydrogens (primary N) is 1. The van der Waals surface area contributed by atoms with Crippen molar-refractivity contribution >= 4 is 29.0 Å². The van der Waals surface area contributed by atoms with Gasteiger partial charge in [-0.1, -0.05) is 54.1 Å². The molecule has 0 spiro atoms. The number of hydrogen-bond acceptors (Lipinski definition) is 9. The second-order valence-corrected chi connectivity index (χ2v) is 8.56. The highest BCUT2D eigenvalue weighted by Gasteiger charge is 2.48. The quantitative estimate of drug-likeness (QED) is 0.502. The van der Waals surface area contributed by atoms with E-state index >= 15 is 0 Å². The van der Waals surface area contributed by atoms with Crippen molar-refractivity contribution in [1.82, 2.24) is 10.2 Å². The molecule has 3 aromatic rings. The molecule has 0 saturated carbocycles. The van der Waals surface area contributed by atoms with E-state index in [1.54, 1.807) is 5.01 Å². The summed E-state index contributed by atoms with van der Waals surface area (Å²) in [5, 5.41) is 15.0. The van der Waals surface area contributed by atoms with E-state index in [1.165, 1.54) is 11.8 Å². The van der Waals surface area contributed by atoms with Crippen LogP contribution in [0.4, 0.5) is 14.8 Å². The summed E-state index contributed by atoms with van der Waals surface area (Å²) in [7, 11) is 0. The minimum atomic E-state index is -0.787. The van der Waals surface area contributed by atoms with Crippen LogP contribution in [0.25, 0.3) is 0 Å². The average Bonchev–Trinajstić information content (AvgIpc) is 3.46. The van der Waals surface area contributed by atoms with Gasteiger partial charge in [0.1, 0.15) is 21.5 Å². The van der Waals surface area contributed by atoms with Crippen LogP contribution < -0.4 is 10.7 Å². The monoisotopic (exact) mass is 487 g/mol. The highest BCUT2D eigenvalue weighted by atomic mass is 32.2. The summed E-state index contributed by atoms with van der Waals surface area (Å²) in [6.45, 7) is 2.49. The molecule has 11 heteroatoms. The van der Waals surface area contributed by atoms with Crippen molar-refractivity contribution in [1.29, 1.82) is 0 Å². The maximum absolute atomic E-state index is 14.6. The molecule has 0 fully saturated rings. The summed E-state index contributed by atoms with van der Waals surface area (Å²) in [4.78, 5) is 15.5. The predicted molar refractivity (Wildman–Crippen MR) is 123 cm³/mol. The van der Waals surface area contributed by atoms with Crippen molar-refractivity contribution in [3.63, 3.8) is 0 Å². The van der Waals surface area contributed by atoms with Crippen LogP contribution in [0.3, 0.4) is 0 Å². The molecule has 8 nitrogen and oxygen atoms in total. The number of hydrogen-bond donors (Lipinski definition) is 1. The number of aromatic nitrogens is 2. The Hall–Kier alpha value is -3.40. The van der Waals surface area contributed by atoms with Gasteiger partial charge in [0.25, 0.3) is 0 Å². The third kappa shape index (κ3) is 5.39. The van der Waals surface area contributed by atoms with Crippen molar-refractivity contribution in [2.75, 3.05) is 11.6 Å². The number of halogens is 2. The molecule has 1 aliphatic heterocycles. The van der Waals surface area contributed by atoms with Gasteiger partial charge in [0.15, 0.2) is 0 Å². The Morgan fingerprint density at radius 1 is 1.15 bits per heavy atom. The number of nitrogens with zero attached hydrogens (tertiary/aromatic N) is 4. The lowest BCUT2D eigenvalue weighted by Gasteiger charge is -2.34. The Kier molecular flexibility index (Phi) is 8.64. The van der Waals surface area contributed by atoms with Gasteiger partial charge in [-0.05, 0) is 49.6 Å². The molecule has 2 heterocycles. The van der Waals surface area contributed by atoms with Crippen molar-refractivity contribution in [3.8, 4) is 0 Å². The van der Waals surface area contributed by atoms with E-state index in [9.17, 15) is 8.78 Å². The Bertz CT molecular complexity index is 1170. The van der Waals surface area contributed by atoms with Crippen LogP contribution in [-0.2, 0) is 20.9 Å². The lowest BCUT2D eigenvalue weighted by atomic mass is 10.0. The molecule has 0 saturated heterocycles. The van der Waals surface area contributed by atoms with E-state index in [2.05, 4.69) is 15.3 Å². The number of aryl methyl sites for hydroxylation is 1. The molecular formula is C23H23F2N5O3S. The van der Waals surface area contributed by atoms with Gasteiger partial charge in [-0.25, -0.2) is 8.78 Å². The third-order valence-electron chi connectivity index (χ3n) is 5.00. The number of rotatable bonds is 8. The summed E-state index contributed by atoms with van der Waals surface area (Å²) < 4.78 is 34.4. The van der Waals surface area contributed by atoms with Crippen LogP contribution in [0, 0.1) is 11.6 Å². The second-order valence-electron chi connectivity index (χ2n) is 7.30. The van der Waals surface area contributed by atoms with Crippen molar-refractivity contribution < 1.29 is 22.8 Å².